The first kappa shape index (κ1) is 9.25. The second-order valence-electron chi connectivity index (χ2n) is 2.83. The van der Waals surface area contributed by atoms with Crippen molar-refractivity contribution in [1.29, 1.82) is 0 Å². The Balaban J connectivity index is 3.15. The molecule has 1 heterocycles. The molecular weight excluding hydrogens is 178 g/mol. The van der Waals surface area contributed by atoms with Gasteiger partial charge in [0.05, 0.1) is 11.4 Å². The molecule has 12 heavy (non-hydrogen) atoms. The topological polar surface area (TPSA) is 60.2 Å². The Hall–Kier alpha value is -0.840. The first-order valence-electron chi connectivity index (χ1n) is 3.61. The SMILES string of the molecule is Cc1cnc(S(=O)(=O)C(C)C)o1. The third kappa shape index (κ3) is 1.50. The van der Waals surface area contributed by atoms with Crippen LogP contribution in [0.4, 0.5) is 0 Å². The van der Waals surface area contributed by atoms with E-state index < -0.39 is 15.1 Å². The van der Waals surface area contributed by atoms with E-state index in [1.54, 1.807) is 20.8 Å². The zero-order valence-corrected chi connectivity index (χ0v) is 8.05. The molecule has 1 rings (SSSR count). The van der Waals surface area contributed by atoms with Crippen molar-refractivity contribution in [2.24, 2.45) is 0 Å². The van der Waals surface area contributed by atoms with Crippen LogP contribution in [-0.4, -0.2) is 18.7 Å². The second-order valence-corrected chi connectivity index (χ2v) is 5.21. The maximum absolute atomic E-state index is 11.4. The molecule has 0 spiro atoms. The van der Waals surface area contributed by atoms with Gasteiger partial charge >= 0.3 is 5.22 Å². The molecule has 0 N–H and O–H groups in total. The zero-order valence-electron chi connectivity index (χ0n) is 7.23. The summed E-state index contributed by atoms with van der Waals surface area (Å²) in [5.41, 5.74) is 0. The quantitative estimate of drug-likeness (QED) is 0.700. The predicted octanol–water partition coefficient (Wildman–Crippen LogP) is 1.17. The van der Waals surface area contributed by atoms with Crippen molar-refractivity contribution in [2.75, 3.05) is 0 Å². The number of hydrogen-bond donors (Lipinski definition) is 0. The maximum Gasteiger partial charge on any atom is 0.315 e. The Labute approximate surface area is 71.5 Å². The third-order valence-electron chi connectivity index (χ3n) is 1.46. The molecule has 5 heteroatoms. The van der Waals surface area contributed by atoms with E-state index in [0.29, 0.717) is 5.76 Å². The van der Waals surface area contributed by atoms with Gasteiger partial charge in [-0.15, -0.1) is 0 Å². The Bertz CT molecular complexity index is 364. The summed E-state index contributed by atoms with van der Waals surface area (Å²) < 4.78 is 27.7. The standard InChI is InChI=1S/C7H11NO3S/c1-5(2)12(9,10)7-8-4-6(3)11-7/h4-5H,1-3H3. The van der Waals surface area contributed by atoms with E-state index in [-0.39, 0.29) is 5.22 Å². The molecule has 0 atom stereocenters. The van der Waals surface area contributed by atoms with Crippen molar-refractivity contribution in [3.05, 3.63) is 12.0 Å². The minimum Gasteiger partial charge on any atom is -0.433 e. The van der Waals surface area contributed by atoms with Crippen LogP contribution < -0.4 is 0 Å². The molecule has 0 saturated heterocycles. The van der Waals surface area contributed by atoms with E-state index in [1.807, 2.05) is 0 Å². The first-order valence-corrected chi connectivity index (χ1v) is 5.15. The summed E-state index contributed by atoms with van der Waals surface area (Å²) >= 11 is 0. The third-order valence-corrected chi connectivity index (χ3v) is 3.38. The second kappa shape index (κ2) is 2.90. The van der Waals surface area contributed by atoms with Crippen LogP contribution in [0.2, 0.25) is 0 Å². The molecule has 1 aromatic heterocycles. The van der Waals surface area contributed by atoms with E-state index >= 15 is 0 Å². The highest BCUT2D eigenvalue weighted by atomic mass is 32.2. The molecule has 0 bridgehead atoms. The molecule has 0 aliphatic rings. The van der Waals surface area contributed by atoms with Crippen LogP contribution >= 0.6 is 0 Å². The Kier molecular flexibility index (Phi) is 2.23. The summed E-state index contributed by atoms with van der Waals surface area (Å²) in [7, 11) is -3.33. The molecule has 0 saturated carbocycles. The highest BCUT2D eigenvalue weighted by molar-refractivity contribution is 7.91. The van der Waals surface area contributed by atoms with Crippen LogP contribution in [0.3, 0.4) is 0 Å². The molecule has 68 valence electrons. The van der Waals surface area contributed by atoms with Crippen molar-refractivity contribution < 1.29 is 12.8 Å². The molecule has 0 radical (unpaired) electrons. The van der Waals surface area contributed by atoms with Gasteiger partial charge in [-0.1, -0.05) is 0 Å². The van der Waals surface area contributed by atoms with Crippen LogP contribution in [0.5, 0.6) is 0 Å². The number of rotatable bonds is 2. The van der Waals surface area contributed by atoms with E-state index in [9.17, 15) is 8.42 Å². The molecule has 0 aromatic carbocycles. The number of oxazole rings is 1. The van der Waals surface area contributed by atoms with Gasteiger partial charge in [0, 0.05) is 0 Å². The van der Waals surface area contributed by atoms with Gasteiger partial charge in [0.2, 0.25) is 9.84 Å². The average Bonchev–Trinajstić information content (AvgIpc) is 2.35. The Morgan fingerprint density at radius 1 is 1.50 bits per heavy atom. The lowest BCUT2D eigenvalue weighted by molar-refractivity contribution is 0.409. The van der Waals surface area contributed by atoms with Gasteiger partial charge in [-0.2, -0.15) is 0 Å². The van der Waals surface area contributed by atoms with Gasteiger partial charge in [0.15, 0.2) is 0 Å². The van der Waals surface area contributed by atoms with E-state index in [1.165, 1.54) is 6.20 Å². The van der Waals surface area contributed by atoms with Crippen LogP contribution in [0, 0.1) is 6.92 Å². The normalized spacial score (nSPS) is 12.3. The summed E-state index contributed by atoms with van der Waals surface area (Å²) in [6.07, 6.45) is 1.40. The highest BCUT2D eigenvalue weighted by Crippen LogP contribution is 2.14. The fourth-order valence-electron chi connectivity index (χ4n) is 0.667. The lowest BCUT2D eigenvalue weighted by atomic mass is 10.6. The van der Waals surface area contributed by atoms with Crippen molar-refractivity contribution in [1.82, 2.24) is 4.98 Å². The number of nitrogens with zero attached hydrogens (tertiary/aromatic N) is 1. The summed E-state index contributed by atoms with van der Waals surface area (Å²) in [6, 6.07) is 0. The van der Waals surface area contributed by atoms with Crippen LogP contribution in [0.15, 0.2) is 15.8 Å². The number of hydrogen-bond acceptors (Lipinski definition) is 4. The summed E-state index contributed by atoms with van der Waals surface area (Å²) in [5, 5.41) is -0.675. The molecule has 0 unspecified atom stereocenters. The Morgan fingerprint density at radius 3 is 2.42 bits per heavy atom. The van der Waals surface area contributed by atoms with Gasteiger partial charge in [-0.3, -0.25) is 0 Å². The molecule has 0 amide bonds. The summed E-state index contributed by atoms with van der Waals surface area (Å²) in [6.45, 7) is 4.84. The maximum atomic E-state index is 11.4. The molecular formula is C7H11NO3S. The van der Waals surface area contributed by atoms with Crippen molar-refractivity contribution in [3.63, 3.8) is 0 Å². The number of aromatic nitrogens is 1. The monoisotopic (exact) mass is 189 g/mol. The number of sulfone groups is 1. The minimum atomic E-state index is -3.33. The Morgan fingerprint density at radius 2 is 2.08 bits per heavy atom. The lowest BCUT2D eigenvalue weighted by Gasteiger charge is -2.01. The van der Waals surface area contributed by atoms with Crippen LogP contribution in [-0.2, 0) is 9.84 Å². The van der Waals surface area contributed by atoms with E-state index in [2.05, 4.69) is 4.98 Å². The average molecular weight is 189 g/mol. The largest absolute Gasteiger partial charge is 0.433 e. The highest BCUT2D eigenvalue weighted by Gasteiger charge is 2.24. The van der Waals surface area contributed by atoms with Crippen molar-refractivity contribution >= 4 is 9.84 Å². The van der Waals surface area contributed by atoms with Gasteiger partial charge in [0.1, 0.15) is 5.76 Å². The van der Waals surface area contributed by atoms with Crippen LogP contribution in [0.25, 0.3) is 0 Å². The van der Waals surface area contributed by atoms with Gasteiger partial charge in [0.25, 0.3) is 0 Å². The number of aryl methyl sites for hydroxylation is 1. The molecule has 1 aromatic rings. The summed E-state index contributed by atoms with van der Waals surface area (Å²) in [4.78, 5) is 3.65. The van der Waals surface area contributed by atoms with E-state index in [4.69, 9.17) is 4.42 Å². The molecule has 0 aliphatic carbocycles. The van der Waals surface area contributed by atoms with Gasteiger partial charge in [-0.25, -0.2) is 13.4 Å². The molecule has 4 nitrogen and oxygen atoms in total. The smallest absolute Gasteiger partial charge is 0.315 e. The van der Waals surface area contributed by atoms with Crippen molar-refractivity contribution in [3.8, 4) is 0 Å². The van der Waals surface area contributed by atoms with Crippen molar-refractivity contribution in [2.45, 2.75) is 31.2 Å². The zero-order chi connectivity index (χ0) is 9.35. The van der Waals surface area contributed by atoms with Gasteiger partial charge in [-0.05, 0) is 20.8 Å². The fraction of sp³-hybridized carbons (Fsp3) is 0.571. The fourth-order valence-corrected chi connectivity index (χ4v) is 1.52. The van der Waals surface area contributed by atoms with Crippen LogP contribution in [0.1, 0.15) is 19.6 Å². The first-order chi connectivity index (χ1) is 5.44. The summed E-state index contributed by atoms with van der Waals surface area (Å²) in [5.74, 6) is 0.509. The minimum absolute atomic E-state index is 0.185. The lowest BCUT2D eigenvalue weighted by Crippen LogP contribution is -2.14. The molecule has 0 aliphatic heterocycles. The molecule has 0 fully saturated rings. The van der Waals surface area contributed by atoms with Gasteiger partial charge < -0.3 is 4.42 Å². The van der Waals surface area contributed by atoms with E-state index in [0.717, 1.165) is 0 Å². The predicted molar refractivity (Wildman–Crippen MR) is 43.6 cm³/mol.